The van der Waals surface area contributed by atoms with Crippen molar-refractivity contribution in [2.75, 3.05) is 12.9 Å². The van der Waals surface area contributed by atoms with E-state index in [1.807, 2.05) is 0 Å². The van der Waals surface area contributed by atoms with Crippen molar-refractivity contribution in [3.05, 3.63) is 59.4 Å². The van der Waals surface area contributed by atoms with E-state index in [2.05, 4.69) is 5.32 Å². The van der Waals surface area contributed by atoms with Crippen LogP contribution in [-0.2, 0) is 0 Å². The topological polar surface area (TPSA) is 38.3 Å². The van der Waals surface area contributed by atoms with Gasteiger partial charge in [-0.05, 0) is 48.4 Å². The summed E-state index contributed by atoms with van der Waals surface area (Å²) in [7, 11) is 1.56. The van der Waals surface area contributed by atoms with Crippen LogP contribution >= 0.6 is 11.8 Å². The second kappa shape index (κ2) is 6.40. The van der Waals surface area contributed by atoms with Crippen LogP contribution in [0.2, 0.25) is 0 Å². The molecule has 114 valence electrons. The summed E-state index contributed by atoms with van der Waals surface area (Å²) in [5.74, 6) is 1.09. The molecular formula is C17H16FNO2S. The minimum atomic E-state index is -0.276. The molecule has 0 spiro atoms. The molecular weight excluding hydrogens is 301 g/mol. The molecule has 1 atom stereocenters. The van der Waals surface area contributed by atoms with Gasteiger partial charge in [0.2, 0.25) is 0 Å². The number of carbonyl (C=O) groups is 1. The first kappa shape index (κ1) is 14.9. The van der Waals surface area contributed by atoms with Crippen molar-refractivity contribution in [3.63, 3.8) is 0 Å². The van der Waals surface area contributed by atoms with E-state index < -0.39 is 0 Å². The first-order valence-corrected chi connectivity index (χ1v) is 8.03. The van der Waals surface area contributed by atoms with E-state index in [0.29, 0.717) is 11.3 Å². The normalized spacial score (nSPS) is 16.7. The fraction of sp³-hybridized carbons (Fsp3) is 0.235. The van der Waals surface area contributed by atoms with Gasteiger partial charge in [-0.1, -0.05) is 6.07 Å². The fourth-order valence-electron chi connectivity index (χ4n) is 2.52. The molecule has 5 heteroatoms. The Kier molecular flexibility index (Phi) is 4.34. The summed E-state index contributed by atoms with van der Waals surface area (Å²) in [5, 5.41) is 3.00. The monoisotopic (exact) mass is 317 g/mol. The molecule has 2 aromatic rings. The summed E-state index contributed by atoms with van der Waals surface area (Å²) in [6, 6.07) is 11.6. The highest BCUT2D eigenvalue weighted by atomic mass is 32.2. The van der Waals surface area contributed by atoms with Gasteiger partial charge in [-0.15, -0.1) is 11.8 Å². The quantitative estimate of drug-likeness (QED) is 0.936. The van der Waals surface area contributed by atoms with Gasteiger partial charge in [0.1, 0.15) is 11.6 Å². The third-order valence-corrected chi connectivity index (χ3v) is 4.77. The van der Waals surface area contributed by atoms with E-state index >= 15 is 0 Å². The molecule has 0 unspecified atom stereocenters. The molecule has 3 nitrogen and oxygen atoms in total. The van der Waals surface area contributed by atoms with Gasteiger partial charge in [0.15, 0.2) is 0 Å². The van der Waals surface area contributed by atoms with Gasteiger partial charge in [0.05, 0.1) is 13.2 Å². The Bertz CT molecular complexity index is 705. The molecule has 0 radical (unpaired) electrons. The molecule has 1 aliphatic heterocycles. The first-order chi connectivity index (χ1) is 10.7. The molecule has 22 heavy (non-hydrogen) atoms. The number of fused-ring (bicyclic) bond motifs is 1. The van der Waals surface area contributed by atoms with Crippen LogP contribution in [0.25, 0.3) is 0 Å². The van der Waals surface area contributed by atoms with Gasteiger partial charge >= 0.3 is 0 Å². The summed E-state index contributed by atoms with van der Waals surface area (Å²) < 4.78 is 18.6. The lowest BCUT2D eigenvalue weighted by atomic mass is 10.0. The number of thioether (sulfide) groups is 1. The van der Waals surface area contributed by atoms with Gasteiger partial charge < -0.3 is 10.1 Å². The second-order valence-corrected chi connectivity index (χ2v) is 6.21. The van der Waals surface area contributed by atoms with Crippen molar-refractivity contribution in [2.24, 2.45) is 0 Å². The van der Waals surface area contributed by atoms with E-state index in [9.17, 15) is 9.18 Å². The van der Waals surface area contributed by atoms with E-state index in [0.717, 1.165) is 22.6 Å². The number of nitrogens with one attached hydrogen (secondary N) is 1. The predicted molar refractivity (Wildman–Crippen MR) is 84.9 cm³/mol. The molecule has 0 saturated carbocycles. The Hall–Kier alpha value is -2.01. The zero-order chi connectivity index (χ0) is 15.5. The molecule has 2 aromatic carbocycles. The van der Waals surface area contributed by atoms with Gasteiger partial charge in [-0.2, -0.15) is 0 Å². The number of carbonyl (C=O) groups excluding carboxylic acids is 1. The third kappa shape index (κ3) is 3.09. The number of benzene rings is 2. The lowest BCUT2D eigenvalue weighted by molar-refractivity contribution is 0.0934. The molecule has 0 bridgehead atoms. The summed E-state index contributed by atoms with van der Waals surface area (Å²) in [4.78, 5) is 13.4. The van der Waals surface area contributed by atoms with Crippen LogP contribution in [-0.4, -0.2) is 18.8 Å². The molecule has 0 fully saturated rings. The number of hydrogen-bond donors (Lipinski definition) is 1. The third-order valence-electron chi connectivity index (χ3n) is 3.65. The van der Waals surface area contributed by atoms with Crippen LogP contribution in [0.1, 0.15) is 28.4 Å². The van der Waals surface area contributed by atoms with Gasteiger partial charge in [0, 0.05) is 16.2 Å². The van der Waals surface area contributed by atoms with Crippen molar-refractivity contribution in [3.8, 4) is 5.75 Å². The number of rotatable bonds is 3. The molecule has 3 rings (SSSR count). The van der Waals surface area contributed by atoms with E-state index in [-0.39, 0.29) is 17.8 Å². The predicted octanol–water partition coefficient (Wildman–Crippen LogP) is 3.80. The Balaban J connectivity index is 1.82. The van der Waals surface area contributed by atoms with Crippen LogP contribution in [0.15, 0.2) is 47.4 Å². The van der Waals surface area contributed by atoms with E-state index in [1.54, 1.807) is 49.2 Å². The van der Waals surface area contributed by atoms with Crippen LogP contribution in [0, 0.1) is 5.82 Å². The highest BCUT2D eigenvalue weighted by Crippen LogP contribution is 2.36. The minimum absolute atomic E-state index is 0.161. The Morgan fingerprint density at radius 3 is 3.00 bits per heavy atom. The zero-order valence-electron chi connectivity index (χ0n) is 12.1. The van der Waals surface area contributed by atoms with Crippen molar-refractivity contribution >= 4 is 17.7 Å². The maximum absolute atomic E-state index is 13.5. The van der Waals surface area contributed by atoms with E-state index in [1.165, 1.54) is 12.1 Å². The zero-order valence-corrected chi connectivity index (χ0v) is 13.0. The van der Waals surface area contributed by atoms with Crippen LogP contribution < -0.4 is 10.1 Å². The minimum Gasteiger partial charge on any atom is -0.497 e. The van der Waals surface area contributed by atoms with Crippen molar-refractivity contribution in [1.29, 1.82) is 0 Å². The molecule has 0 saturated heterocycles. The molecule has 1 aliphatic rings. The van der Waals surface area contributed by atoms with Crippen molar-refractivity contribution < 1.29 is 13.9 Å². The summed E-state index contributed by atoms with van der Waals surface area (Å²) in [6.45, 7) is 0. The molecule has 1 amide bonds. The summed E-state index contributed by atoms with van der Waals surface area (Å²) >= 11 is 1.69. The van der Waals surface area contributed by atoms with Crippen LogP contribution in [0.3, 0.4) is 0 Å². The number of ether oxygens (including phenoxy) is 1. The highest BCUT2D eigenvalue weighted by Gasteiger charge is 2.23. The maximum Gasteiger partial charge on any atom is 0.251 e. The van der Waals surface area contributed by atoms with Crippen molar-refractivity contribution in [2.45, 2.75) is 17.4 Å². The largest absolute Gasteiger partial charge is 0.497 e. The molecule has 1 N–H and O–H groups in total. The molecule has 1 heterocycles. The maximum atomic E-state index is 13.5. The number of hydrogen-bond acceptors (Lipinski definition) is 3. The van der Waals surface area contributed by atoms with E-state index in [4.69, 9.17) is 4.74 Å². The second-order valence-electron chi connectivity index (χ2n) is 5.08. The lowest BCUT2D eigenvalue weighted by Gasteiger charge is -2.26. The van der Waals surface area contributed by atoms with Gasteiger partial charge in [-0.3, -0.25) is 4.79 Å². The highest BCUT2D eigenvalue weighted by molar-refractivity contribution is 7.99. The SMILES string of the molecule is COc1cccc(C(=O)N[C@H]2CCSc3ccc(F)cc32)c1. The van der Waals surface area contributed by atoms with Gasteiger partial charge in [0.25, 0.3) is 5.91 Å². The van der Waals surface area contributed by atoms with Gasteiger partial charge in [-0.25, -0.2) is 4.39 Å². The smallest absolute Gasteiger partial charge is 0.251 e. The number of methoxy groups -OCH3 is 1. The number of halogens is 1. The van der Waals surface area contributed by atoms with Crippen LogP contribution in [0.4, 0.5) is 4.39 Å². The molecule has 0 aliphatic carbocycles. The fourth-order valence-corrected chi connectivity index (χ4v) is 3.63. The standard InChI is InChI=1S/C17H16FNO2S/c1-21-13-4-2-3-11(9-13)17(20)19-15-7-8-22-16-6-5-12(18)10-14(15)16/h2-6,9-10,15H,7-8H2,1H3,(H,19,20)/t15-/m0/s1. The summed E-state index contributed by atoms with van der Waals surface area (Å²) in [6.07, 6.45) is 0.789. The lowest BCUT2D eigenvalue weighted by Crippen LogP contribution is -2.30. The Morgan fingerprint density at radius 2 is 2.18 bits per heavy atom. The average molecular weight is 317 g/mol. The van der Waals surface area contributed by atoms with Crippen LogP contribution in [0.5, 0.6) is 5.75 Å². The Labute approximate surface area is 132 Å². The average Bonchev–Trinajstić information content (AvgIpc) is 2.55. The summed E-state index contributed by atoms with van der Waals surface area (Å²) in [5.41, 5.74) is 1.39. The van der Waals surface area contributed by atoms with Crippen molar-refractivity contribution in [1.82, 2.24) is 5.32 Å². The first-order valence-electron chi connectivity index (χ1n) is 7.04. The Morgan fingerprint density at radius 1 is 1.32 bits per heavy atom. The molecule has 0 aromatic heterocycles. The number of amides is 1.